The van der Waals surface area contributed by atoms with E-state index in [0.29, 0.717) is 28.1 Å². The van der Waals surface area contributed by atoms with E-state index in [1.165, 1.54) is 12.1 Å². The predicted octanol–water partition coefficient (Wildman–Crippen LogP) is 5.73. The Balaban J connectivity index is 1.72. The SMILES string of the molecule is Fc1cccc(NC(c2ccccc2)c2nnc(-c3ccccc3Cl)o2)c1. The minimum absolute atomic E-state index is 0.325. The van der Waals surface area contributed by atoms with Gasteiger partial charge >= 0.3 is 0 Å². The third kappa shape index (κ3) is 3.83. The summed E-state index contributed by atoms with van der Waals surface area (Å²) in [5, 5.41) is 12.1. The average molecular weight is 380 g/mol. The topological polar surface area (TPSA) is 51.0 Å². The number of rotatable bonds is 5. The molecule has 0 fully saturated rings. The van der Waals surface area contributed by atoms with E-state index < -0.39 is 6.04 Å². The summed E-state index contributed by atoms with van der Waals surface area (Å²) in [7, 11) is 0. The maximum atomic E-state index is 13.6. The molecule has 1 aromatic heterocycles. The fraction of sp³-hybridized carbons (Fsp3) is 0.0476. The normalized spacial score (nSPS) is 11.9. The quantitative estimate of drug-likeness (QED) is 0.481. The van der Waals surface area contributed by atoms with Crippen LogP contribution in [0, 0.1) is 5.82 Å². The van der Waals surface area contributed by atoms with Gasteiger partial charge in [-0.3, -0.25) is 0 Å². The molecule has 0 saturated carbocycles. The lowest BCUT2D eigenvalue weighted by molar-refractivity contribution is 0.494. The maximum absolute atomic E-state index is 13.6. The van der Waals surface area contributed by atoms with Crippen LogP contribution in [0.5, 0.6) is 0 Å². The minimum Gasteiger partial charge on any atom is -0.418 e. The highest BCUT2D eigenvalue weighted by Crippen LogP contribution is 2.31. The van der Waals surface area contributed by atoms with Crippen LogP contribution < -0.4 is 5.32 Å². The van der Waals surface area contributed by atoms with Gasteiger partial charge in [0.2, 0.25) is 11.8 Å². The van der Waals surface area contributed by atoms with Crippen molar-refractivity contribution in [3.8, 4) is 11.5 Å². The van der Waals surface area contributed by atoms with E-state index in [1.807, 2.05) is 48.5 Å². The molecule has 0 spiro atoms. The molecule has 27 heavy (non-hydrogen) atoms. The largest absolute Gasteiger partial charge is 0.418 e. The van der Waals surface area contributed by atoms with Crippen LogP contribution in [0.1, 0.15) is 17.5 Å². The Labute approximate surface area is 160 Å². The first-order valence-corrected chi connectivity index (χ1v) is 8.74. The van der Waals surface area contributed by atoms with E-state index in [2.05, 4.69) is 15.5 Å². The number of anilines is 1. The van der Waals surface area contributed by atoms with Crippen LogP contribution in [0.25, 0.3) is 11.5 Å². The lowest BCUT2D eigenvalue weighted by atomic mass is 10.1. The molecule has 4 nitrogen and oxygen atoms in total. The van der Waals surface area contributed by atoms with Crippen molar-refractivity contribution < 1.29 is 8.81 Å². The van der Waals surface area contributed by atoms with Gasteiger partial charge in [0.05, 0.1) is 10.6 Å². The number of hydrogen-bond acceptors (Lipinski definition) is 4. The predicted molar refractivity (Wildman–Crippen MR) is 103 cm³/mol. The second kappa shape index (κ2) is 7.60. The van der Waals surface area contributed by atoms with Gasteiger partial charge in [0, 0.05) is 5.69 Å². The van der Waals surface area contributed by atoms with E-state index >= 15 is 0 Å². The summed E-state index contributed by atoms with van der Waals surface area (Å²) in [5.74, 6) is 0.368. The second-order valence-corrected chi connectivity index (χ2v) is 6.33. The molecular weight excluding hydrogens is 365 g/mol. The Morgan fingerprint density at radius 3 is 2.44 bits per heavy atom. The highest BCUT2D eigenvalue weighted by Gasteiger charge is 2.22. The van der Waals surface area contributed by atoms with E-state index in [9.17, 15) is 4.39 Å². The number of nitrogens with one attached hydrogen (secondary N) is 1. The van der Waals surface area contributed by atoms with Crippen molar-refractivity contribution >= 4 is 17.3 Å². The highest BCUT2D eigenvalue weighted by atomic mass is 35.5. The molecule has 4 aromatic rings. The summed E-state index contributed by atoms with van der Waals surface area (Å²) in [6, 6.07) is 22.7. The van der Waals surface area contributed by atoms with E-state index in [-0.39, 0.29) is 5.82 Å². The molecule has 1 heterocycles. The van der Waals surface area contributed by atoms with Crippen LogP contribution in [-0.4, -0.2) is 10.2 Å². The van der Waals surface area contributed by atoms with Crippen LogP contribution in [0.2, 0.25) is 5.02 Å². The van der Waals surface area contributed by atoms with E-state index in [1.54, 1.807) is 18.2 Å². The van der Waals surface area contributed by atoms with Gasteiger partial charge in [-0.1, -0.05) is 60.1 Å². The summed E-state index contributed by atoms with van der Waals surface area (Å²) in [4.78, 5) is 0. The molecule has 4 rings (SSSR count). The molecule has 1 unspecified atom stereocenters. The fourth-order valence-electron chi connectivity index (χ4n) is 2.77. The summed E-state index contributed by atoms with van der Waals surface area (Å²) < 4.78 is 19.5. The van der Waals surface area contributed by atoms with Gasteiger partial charge in [-0.2, -0.15) is 0 Å². The summed E-state index contributed by atoms with van der Waals surface area (Å²) >= 11 is 6.23. The Kier molecular flexibility index (Phi) is 4.85. The van der Waals surface area contributed by atoms with Gasteiger partial charge in [-0.25, -0.2) is 4.39 Å². The molecule has 0 saturated heterocycles. The molecule has 6 heteroatoms. The highest BCUT2D eigenvalue weighted by molar-refractivity contribution is 6.33. The molecule has 0 aliphatic carbocycles. The van der Waals surface area contributed by atoms with Crippen molar-refractivity contribution in [3.05, 3.63) is 101 Å². The maximum Gasteiger partial charge on any atom is 0.249 e. The van der Waals surface area contributed by atoms with Gasteiger partial charge in [-0.05, 0) is 35.9 Å². The van der Waals surface area contributed by atoms with Gasteiger partial charge in [0.1, 0.15) is 11.9 Å². The smallest absolute Gasteiger partial charge is 0.249 e. The molecule has 0 aliphatic rings. The van der Waals surface area contributed by atoms with Crippen LogP contribution in [0.15, 0.2) is 83.3 Å². The number of nitrogens with zero attached hydrogens (tertiary/aromatic N) is 2. The van der Waals surface area contributed by atoms with Crippen LogP contribution in [0.3, 0.4) is 0 Å². The number of halogens is 2. The molecular formula is C21H15ClFN3O. The van der Waals surface area contributed by atoms with Crippen LogP contribution in [0.4, 0.5) is 10.1 Å². The van der Waals surface area contributed by atoms with Crippen LogP contribution in [-0.2, 0) is 0 Å². The lowest BCUT2D eigenvalue weighted by Crippen LogP contribution is -2.13. The number of benzene rings is 3. The Hall–Kier alpha value is -3.18. The molecule has 1 atom stereocenters. The number of aromatic nitrogens is 2. The minimum atomic E-state index is -0.434. The van der Waals surface area contributed by atoms with Gasteiger partial charge < -0.3 is 9.73 Å². The zero-order valence-electron chi connectivity index (χ0n) is 14.1. The van der Waals surface area contributed by atoms with Crippen molar-refractivity contribution in [2.24, 2.45) is 0 Å². The fourth-order valence-corrected chi connectivity index (χ4v) is 2.99. The zero-order chi connectivity index (χ0) is 18.6. The Morgan fingerprint density at radius 1 is 0.889 bits per heavy atom. The van der Waals surface area contributed by atoms with Crippen molar-refractivity contribution in [1.29, 1.82) is 0 Å². The van der Waals surface area contributed by atoms with Gasteiger partial charge in [-0.15, -0.1) is 10.2 Å². The lowest BCUT2D eigenvalue weighted by Gasteiger charge is -2.17. The third-order valence-electron chi connectivity index (χ3n) is 4.06. The summed E-state index contributed by atoms with van der Waals surface area (Å²) in [6.07, 6.45) is 0. The van der Waals surface area contributed by atoms with Crippen molar-refractivity contribution in [2.45, 2.75) is 6.04 Å². The third-order valence-corrected chi connectivity index (χ3v) is 4.39. The summed E-state index contributed by atoms with van der Waals surface area (Å²) in [5.41, 5.74) is 2.19. The van der Waals surface area contributed by atoms with E-state index in [0.717, 1.165) is 5.56 Å². The first-order chi connectivity index (χ1) is 13.2. The molecule has 0 radical (unpaired) electrons. The van der Waals surface area contributed by atoms with Crippen LogP contribution >= 0.6 is 11.6 Å². The van der Waals surface area contributed by atoms with E-state index in [4.69, 9.17) is 16.0 Å². The summed E-state index contributed by atoms with van der Waals surface area (Å²) in [6.45, 7) is 0. The van der Waals surface area contributed by atoms with Gasteiger partial charge in [0.15, 0.2) is 0 Å². The average Bonchev–Trinajstić information content (AvgIpc) is 3.17. The molecule has 0 aliphatic heterocycles. The number of hydrogen-bond donors (Lipinski definition) is 1. The first kappa shape index (κ1) is 17.2. The molecule has 1 N–H and O–H groups in total. The standard InChI is InChI=1S/C21H15ClFN3O/c22-18-12-5-4-11-17(18)20-25-26-21(27-20)19(14-7-2-1-3-8-14)24-16-10-6-9-15(23)13-16/h1-13,19,24H. The molecule has 134 valence electrons. The van der Waals surface area contributed by atoms with Crippen molar-refractivity contribution in [1.82, 2.24) is 10.2 Å². The molecule has 3 aromatic carbocycles. The van der Waals surface area contributed by atoms with Gasteiger partial charge in [0.25, 0.3) is 0 Å². The second-order valence-electron chi connectivity index (χ2n) is 5.92. The molecule has 0 amide bonds. The Morgan fingerprint density at radius 2 is 1.67 bits per heavy atom. The molecule has 0 bridgehead atoms. The van der Waals surface area contributed by atoms with Crippen molar-refractivity contribution in [2.75, 3.05) is 5.32 Å². The first-order valence-electron chi connectivity index (χ1n) is 8.36. The monoisotopic (exact) mass is 379 g/mol. The zero-order valence-corrected chi connectivity index (χ0v) is 14.9. The van der Waals surface area contributed by atoms with Crippen molar-refractivity contribution in [3.63, 3.8) is 0 Å². The Bertz CT molecular complexity index is 1050.